The number of amides is 1. The van der Waals surface area contributed by atoms with E-state index in [0.717, 1.165) is 33.7 Å². The van der Waals surface area contributed by atoms with Gasteiger partial charge in [0, 0.05) is 52.3 Å². The Balaban J connectivity index is 1.31. The fraction of sp³-hybridized carbons (Fsp3) is 0. The fourth-order valence-corrected chi connectivity index (χ4v) is 3.74. The van der Waals surface area contributed by atoms with Crippen molar-refractivity contribution < 1.29 is 4.79 Å². The second-order valence-electron chi connectivity index (χ2n) is 7.77. The van der Waals surface area contributed by atoms with Crippen LogP contribution in [0.2, 0.25) is 0 Å². The van der Waals surface area contributed by atoms with Crippen molar-refractivity contribution in [3.8, 4) is 6.07 Å². The molecule has 0 aliphatic rings. The molecule has 0 saturated carbocycles. The molecule has 0 bridgehead atoms. The second kappa shape index (κ2) is 9.73. The lowest BCUT2D eigenvalue weighted by Crippen LogP contribution is -2.12. The van der Waals surface area contributed by atoms with Crippen LogP contribution < -0.4 is 16.0 Å². The van der Waals surface area contributed by atoms with E-state index in [2.05, 4.69) is 32.0 Å². The number of aromatic nitrogens is 2. The summed E-state index contributed by atoms with van der Waals surface area (Å²) in [7, 11) is 0. The normalized spacial score (nSPS) is 10.4. The van der Waals surface area contributed by atoms with Crippen LogP contribution in [-0.4, -0.2) is 15.9 Å². The Morgan fingerprint density at radius 2 is 1.49 bits per heavy atom. The highest BCUT2D eigenvalue weighted by atomic mass is 16.1. The number of hydrogen-bond acceptors (Lipinski definition) is 6. The first kappa shape index (κ1) is 21.6. The van der Waals surface area contributed by atoms with Crippen LogP contribution in [0.25, 0.3) is 10.9 Å². The SMILES string of the molecule is N#Cc1cccc2nccc(Nc3cccc(C(=O)Nc4ccc(Nc5ccncc5)cc4)c3)c12. The molecular formula is C28H20N6O. The van der Waals surface area contributed by atoms with Crippen LogP contribution in [0.15, 0.2) is 104 Å². The summed E-state index contributed by atoms with van der Waals surface area (Å²) in [4.78, 5) is 21.3. The molecule has 0 spiro atoms. The maximum Gasteiger partial charge on any atom is 0.255 e. The summed E-state index contributed by atoms with van der Waals surface area (Å²) >= 11 is 0. The number of anilines is 5. The van der Waals surface area contributed by atoms with E-state index in [4.69, 9.17) is 0 Å². The third kappa shape index (κ3) is 4.92. The van der Waals surface area contributed by atoms with E-state index in [1.54, 1.807) is 36.8 Å². The van der Waals surface area contributed by atoms with E-state index in [9.17, 15) is 10.1 Å². The largest absolute Gasteiger partial charge is 0.355 e. The zero-order valence-electron chi connectivity index (χ0n) is 18.6. The standard InChI is InChI=1S/C28H20N6O/c29-18-20-4-2-6-25-27(20)26(13-16-31-25)33-24-5-1-3-19(17-24)28(35)34-22-9-7-21(8-10-22)32-23-11-14-30-15-12-23/h1-17H,(H,30,32)(H,31,33)(H,34,35). The number of nitrogens with one attached hydrogen (secondary N) is 3. The lowest BCUT2D eigenvalue weighted by Gasteiger charge is -2.12. The summed E-state index contributed by atoms with van der Waals surface area (Å²) in [5.41, 5.74) is 5.78. The molecule has 35 heavy (non-hydrogen) atoms. The number of carbonyl (C=O) groups is 1. The maximum atomic E-state index is 12.9. The Morgan fingerprint density at radius 3 is 2.29 bits per heavy atom. The van der Waals surface area contributed by atoms with Crippen LogP contribution in [-0.2, 0) is 0 Å². The summed E-state index contributed by atoms with van der Waals surface area (Å²) in [6.07, 6.45) is 5.13. The molecule has 5 rings (SSSR count). The molecule has 2 heterocycles. The third-order valence-corrected chi connectivity index (χ3v) is 5.40. The molecular weight excluding hydrogens is 436 g/mol. The van der Waals surface area contributed by atoms with Crippen molar-refractivity contribution in [2.45, 2.75) is 0 Å². The predicted octanol–water partition coefficient (Wildman–Crippen LogP) is 6.24. The van der Waals surface area contributed by atoms with Crippen molar-refractivity contribution in [3.63, 3.8) is 0 Å². The van der Waals surface area contributed by atoms with Crippen molar-refractivity contribution in [1.82, 2.24) is 9.97 Å². The van der Waals surface area contributed by atoms with E-state index in [1.807, 2.05) is 66.7 Å². The van der Waals surface area contributed by atoms with Gasteiger partial charge in [0.1, 0.15) is 0 Å². The van der Waals surface area contributed by atoms with Crippen LogP contribution >= 0.6 is 0 Å². The van der Waals surface area contributed by atoms with E-state index >= 15 is 0 Å². The Morgan fingerprint density at radius 1 is 0.743 bits per heavy atom. The molecule has 0 fully saturated rings. The first-order valence-corrected chi connectivity index (χ1v) is 10.9. The minimum atomic E-state index is -0.221. The zero-order chi connectivity index (χ0) is 24.0. The Bertz CT molecular complexity index is 1540. The number of hydrogen-bond donors (Lipinski definition) is 3. The van der Waals surface area contributed by atoms with Crippen molar-refractivity contribution in [1.29, 1.82) is 5.26 Å². The molecule has 3 N–H and O–H groups in total. The molecule has 0 atom stereocenters. The monoisotopic (exact) mass is 456 g/mol. The van der Waals surface area contributed by atoms with Crippen LogP contribution in [0.4, 0.5) is 28.4 Å². The molecule has 168 valence electrons. The summed E-state index contributed by atoms with van der Waals surface area (Å²) in [5, 5.41) is 19.8. The Kier molecular flexibility index (Phi) is 6.01. The van der Waals surface area contributed by atoms with Crippen molar-refractivity contribution in [2.24, 2.45) is 0 Å². The van der Waals surface area contributed by atoms with Gasteiger partial charge >= 0.3 is 0 Å². The van der Waals surface area contributed by atoms with E-state index in [-0.39, 0.29) is 5.91 Å². The van der Waals surface area contributed by atoms with Gasteiger partial charge in [-0.1, -0.05) is 12.1 Å². The second-order valence-corrected chi connectivity index (χ2v) is 7.77. The lowest BCUT2D eigenvalue weighted by atomic mass is 10.1. The number of carbonyl (C=O) groups excluding carboxylic acids is 1. The average molecular weight is 457 g/mol. The Labute approximate surface area is 202 Å². The molecule has 0 radical (unpaired) electrons. The molecule has 0 aliphatic heterocycles. The van der Waals surface area contributed by atoms with Gasteiger partial charge in [-0.25, -0.2) is 0 Å². The van der Waals surface area contributed by atoms with Gasteiger partial charge in [-0.2, -0.15) is 5.26 Å². The molecule has 2 aromatic heterocycles. The Hall–Kier alpha value is -5.22. The van der Waals surface area contributed by atoms with Crippen LogP contribution in [0.1, 0.15) is 15.9 Å². The minimum Gasteiger partial charge on any atom is -0.355 e. The summed E-state index contributed by atoms with van der Waals surface area (Å²) in [5.74, 6) is -0.221. The number of rotatable bonds is 6. The smallest absolute Gasteiger partial charge is 0.255 e. The maximum absolute atomic E-state index is 12.9. The summed E-state index contributed by atoms with van der Waals surface area (Å²) in [6, 6.07) is 27.9. The van der Waals surface area contributed by atoms with Crippen molar-refractivity contribution >= 4 is 45.2 Å². The average Bonchev–Trinajstić information content (AvgIpc) is 2.90. The lowest BCUT2D eigenvalue weighted by molar-refractivity contribution is 0.102. The van der Waals surface area contributed by atoms with Crippen molar-refractivity contribution in [3.05, 3.63) is 115 Å². The van der Waals surface area contributed by atoms with Gasteiger partial charge in [-0.3, -0.25) is 14.8 Å². The molecule has 0 aliphatic carbocycles. The highest BCUT2D eigenvalue weighted by Gasteiger charge is 2.10. The molecule has 5 aromatic rings. The molecule has 3 aromatic carbocycles. The van der Waals surface area contributed by atoms with Gasteiger partial charge in [-0.05, 0) is 72.8 Å². The minimum absolute atomic E-state index is 0.221. The van der Waals surface area contributed by atoms with Gasteiger partial charge < -0.3 is 16.0 Å². The molecule has 7 nitrogen and oxygen atoms in total. The molecule has 0 saturated heterocycles. The van der Waals surface area contributed by atoms with E-state index in [0.29, 0.717) is 16.8 Å². The quantitative estimate of drug-likeness (QED) is 0.279. The van der Waals surface area contributed by atoms with Crippen LogP contribution in [0, 0.1) is 11.3 Å². The summed E-state index contributed by atoms with van der Waals surface area (Å²) < 4.78 is 0. The number of nitriles is 1. The fourth-order valence-electron chi connectivity index (χ4n) is 3.74. The van der Waals surface area contributed by atoms with Crippen molar-refractivity contribution in [2.75, 3.05) is 16.0 Å². The molecule has 0 unspecified atom stereocenters. The summed E-state index contributed by atoms with van der Waals surface area (Å²) in [6.45, 7) is 0. The first-order valence-electron chi connectivity index (χ1n) is 10.9. The number of nitrogens with zero attached hydrogens (tertiary/aromatic N) is 3. The zero-order valence-corrected chi connectivity index (χ0v) is 18.6. The predicted molar refractivity (Wildman–Crippen MR) is 138 cm³/mol. The van der Waals surface area contributed by atoms with Crippen LogP contribution in [0.5, 0.6) is 0 Å². The van der Waals surface area contributed by atoms with Crippen LogP contribution in [0.3, 0.4) is 0 Å². The highest BCUT2D eigenvalue weighted by molar-refractivity contribution is 6.05. The van der Waals surface area contributed by atoms with Gasteiger partial charge in [0.15, 0.2) is 0 Å². The van der Waals surface area contributed by atoms with Gasteiger partial charge in [0.2, 0.25) is 0 Å². The number of fused-ring (bicyclic) bond motifs is 1. The topological polar surface area (TPSA) is 103 Å². The van der Waals surface area contributed by atoms with Gasteiger partial charge in [-0.15, -0.1) is 0 Å². The third-order valence-electron chi connectivity index (χ3n) is 5.40. The van der Waals surface area contributed by atoms with E-state index in [1.165, 1.54) is 0 Å². The number of benzene rings is 3. The molecule has 1 amide bonds. The van der Waals surface area contributed by atoms with Gasteiger partial charge in [0.05, 0.1) is 22.8 Å². The highest BCUT2D eigenvalue weighted by Crippen LogP contribution is 2.28. The number of pyridine rings is 2. The first-order chi connectivity index (χ1) is 17.2. The molecule has 7 heteroatoms. The van der Waals surface area contributed by atoms with Gasteiger partial charge in [0.25, 0.3) is 5.91 Å². The van der Waals surface area contributed by atoms with E-state index < -0.39 is 0 Å².